The number of aromatic nitrogens is 2. The lowest BCUT2D eigenvalue weighted by atomic mass is 10.0. The zero-order valence-corrected chi connectivity index (χ0v) is 19.3. The van der Waals surface area contributed by atoms with Crippen molar-refractivity contribution in [2.24, 2.45) is 0 Å². The number of amides is 3. The number of carbonyl (C=O) groups excluding carboxylic acids is 3. The summed E-state index contributed by atoms with van der Waals surface area (Å²) in [6.45, 7) is 2.82. The van der Waals surface area contributed by atoms with Crippen LogP contribution in [0.25, 0.3) is 11.4 Å². The van der Waals surface area contributed by atoms with Crippen LogP contribution in [0.2, 0.25) is 5.02 Å². The molecule has 1 fully saturated rings. The third-order valence-electron chi connectivity index (χ3n) is 5.89. The molecule has 0 saturated carbocycles. The number of rotatable bonds is 5. The van der Waals surface area contributed by atoms with Crippen molar-refractivity contribution in [3.8, 4) is 11.4 Å². The van der Waals surface area contributed by atoms with E-state index in [2.05, 4.69) is 20.0 Å². The van der Waals surface area contributed by atoms with Gasteiger partial charge in [0.2, 0.25) is 16.9 Å². The standard InChI is InChI=1S/C23H20ClN5O3S/c1-12-2-4-14(9-17(12)24)20-27-23(33-28-20)25-10-13-3-5-16-15(8-13)11-29(22(16)32)18-6-7-19(30)26-21(18)31/h2-5,8-9,18H,6-7,10-11H2,1H3,(H,25,27,28)(H,26,30,31). The van der Waals surface area contributed by atoms with Crippen LogP contribution in [0.3, 0.4) is 0 Å². The molecule has 2 aromatic carbocycles. The van der Waals surface area contributed by atoms with Crippen LogP contribution in [0.15, 0.2) is 36.4 Å². The summed E-state index contributed by atoms with van der Waals surface area (Å²) in [6, 6.07) is 10.8. The fourth-order valence-electron chi connectivity index (χ4n) is 4.06. The predicted octanol–water partition coefficient (Wildman–Crippen LogP) is 3.54. The fourth-order valence-corrected chi connectivity index (χ4v) is 4.82. The summed E-state index contributed by atoms with van der Waals surface area (Å²) in [7, 11) is 0. The molecule has 8 nitrogen and oxygen atoms in total. The summed E-state index contributed by atoms with van der Waals surface area (Å²) in [5.41, 5.74) is 4.32. The third-order valence-corrected chi connectivity index (χ3v) is 6.97. The number of hydrogen-bond acceptors (Lipinski definition) is 7. The smallest absolute Gasteiger partial charge is 0.255 e. The summed E-state index contributed by atoms with van der Waals surface area (Å²) in [4.78, 5) is 42.5. The Balaban J connectivity index is 1.26. The maximum absolute atomic E-state index is 12.8. The number of anilines is 1. The lowest BCUT2D eigenvalue weighted by Gasteiger charge is -2.29. The molecule has 5 rings (SSSR count). The molecule has 3 aromatic rings. The van der Waals surface area contributed by atoms with E-state index in [1.807, 2.05) is 37.3 Å². The van der Waals surface area contributed by atoms with E-state index < -0.39 is 11.9 Å². The number of nitrogens with one attached hydrogen (secondary N) is 2. The molecule has 2 aliphatic heterocycles. The minimum atomic E-state index is -0.612. The van der Waals surface area contributed by atoms with Gasteiger partial charge in [0, 0.05) is 47.2 Å². The number of fused-ring (bicyclic) bond motifs is 1. The van der Waals surface area contributed by atoms with E-state index in [1.165, 1.54) is 11.5 Å². The maximum atomic E-state index is 12.8. The summed E-state index contributed by atoms with van der Waals surface area (Å²) in [5, 5.41) is 6.96. The van der Waals surface area contributed by atoms with Gasteiger partial charge in [-0.1, -0.05) is 35.9 Å². The number of benzene rings is 2. The second-order valence-electron chi connectivity index (χ2n) is 8.13. The molecule has 3 heterocycles. The third kappa shape index (κ3) is 4.21. The molecule has 168 valence electrons. The van der Waals surface area contributed by atoms with Gasteiger partial charge in [0.25, 0.3) is 5.91 Å². The molecule has 33 heavy (non-hydrogen) atoms. The first-order valence-electron chi connectivity index (χ1n) is 10.5. The van der Waals surface area contributed by atoms with E-state index in [1.54, 1.807) is 11.0 Å². The van der Waals surface area contributed by atoms with Crippen LogP contribution in [-0.4, -0.2) is 38.0 Å². The van der Waals surface area contributed by atoms with E-state index >= 15 is 0 Å². The molecule has 1 saturated heterocycles. The lowest BCUT2D eigenvalue weighted by Crippen LogP contribution is -2.52. The normalized spacial score (nSPS) is 17.8. The van der Waals surface area contributed by atoms with Crippen molar-refractivity contribution in [1.29, 1.82) is 0 Å². The molecule has 1 atom stereocenters. The Kier molecular flexibility index (Phi) is 5.59. The van der Waals surface area contributed by atoms with Gasteiger partial charge in [-0.3, -0.25) is 19.7 Å². The molecule has 2 N–H and O–H groups in total. The van der Waals surface area contributed by atoms with Gasteiger partial charge in [-0.05, 0) is 42.2 Å². The van der Waals surface area contributed by atoms with Crippen LogP contribution in [0.5, 0.6) is 0 Å². The van der Waals surface area contributed by atoms with E-state index in [0.29, 0.717) is 41.1 Å². The molecule has 1 aromatic heterocycles. The van der Waals surface area contributed by atoms with Crippen molar-refractivity contribution in [1.82, 2.24) is 19.6 Å². The van der Waals surface area contributed by atoms with Gasteiger partial charge in [0.1, 0.15) is 6.04 Å². The quantitative estimate of drug-likeness (QED) is 0.540. The van der Waals surface area contributed by atoms with Crippen LogP contribution in [0, 0.1) is 6.92 Å². The number of carbonyl (C=O) groups is 3. The van der Waals surface area contributed by atoms with E-state index in [-0.39, 0.29) is 18.2 Å². The number of aryl methyl sites for hydroxylation is 1. The average Bonchev–Trinajstić information content (AvgIpc) is 3.39. The topological polar surface area (TPSA) is 104 Å². The molecule has 0 bridgehead atoms. The second-order valence-corrected chi connectivity index (χ2v) is 9.29. The summed E-state index contributed by atoms with van der Waals surface area (Å²) in [5.74, 6) is -0.260. The fraction of sp³-hybridized carbons (Fsp3) is 0.261. The molecule has 1 unspecified atom stereocenters. The highest BCUT2D eigenvalue weighted by Gasteiger charge is 2.39. The minimum Gasteiger partial charge on any atom is -0.356 e. The molecule has 2 aliphatic rings. The molecule has 0 aliphatic carbocycles. The zero-order chi connectivity index (χ0) is 23.1. The highest BCUT2D eigenvalue weighted by atomic mass is 35.5. The predicted molar refractivity (Wildman–Crippen MR) is 125 cm³/mol. The first-order valence-corrected chi connectivity index (χ1v) is 11.6. The van der Waals surface area contributed by atoms with Crippen LogP contribution in [0.1, 0.15) is 39.9 Å². The minimum absolute atomic E-state index is 0.176. The largest absolute Gasteiger partial charge is 0.356 e. The van der Waals surface area contributed by atoms with E-state index in [9.17, 15) is 14.4 Å². The molecule has 0 spiro atoms. The van der Waals surface area contributed by atoms with Gasteiger partial charge < -0.3 is 10.2 Å². The number of nitrogens with zero attached hydrogens (tertiary/aromatic N) is 3. The van der Waals surface area contributed by atoms with Crippen molar-refractivity contribution >= 4 is 46.0 Å². The van der Waals surface area contributed by atoms with Gasteiger partial charge in [0.15, 0.2) is 5.82 Å². The highest BCUT2D eigenvalue weighted by Crippen LogP contribution is 2.29. The molecule has 3 amide bonds. The number of piperidine rings is 1. The Morgan fingerprint density at radius 2 is 2.06 bits per heavy atom. The van der Waals surface area contributed by atoms with Crippen LogP contribution in [-0.2, 0) is 22.7 Å². The Morgan fingerprint density at radius 1 is 1.21 bits per heavy atom. The monoisotopic (exact) mass is 481 g/mol. The summed E-state index contributed by atoms with van der Waals surface area (Å²) < 4.78 is 4.41. The van der Waals surface area contributed by atoms with Crippen molar-refractivity contribution < 1.29 is 14.4 Å². The lowest BCUT2D eigenvalue weighted by molar-refractivity contribution is -0.136. The highest BCUT2D eigenvalue weighted by molar-refractivity contribution is 7.09. The Hall–Kier alpha value is -3.30. The van der Waals surface area contributed by atoms with Gasteiger partial charge >= 0.3 is 0 Å². The summed E-state index contributed by atoms with van der Waals surface area (Å²) >= 11 is 7.48. The number of imide groups is 1. The van der Waals surface area contributed by atoms with Crippen LogP contribution >= 0.6 is 23.1 Å². The van der Waals surface area contributed by atoms with E-state index in [4.69, 9.17) is 11.6 Å². The molecular formula is C23H20ClN5O3S. The van der Waals surface area contributed by atoms with Crippen LogP contribution in [0.4, 0.5) is 5.13 Å². The van der Waals surface area contributed by atoms with Gasteiger partial charge in [0.05, 0.1) is 0 Å². The van der Waals surface area contributed by atoms with Crippen molar-refractivity contribution in [2.45, 2.75) is 38.9 Å². The van der Waals surface area contributed by atoms with Crippen molar-refractivity contribution in [3.05, 3.63) is 63.7 Å². The average molecular weight is 482 g/mol. The number of hydrogen-bond donors (Lipinski definition) is 2. The first kappa shape index (κ1) is 21.5. The Morgan fingerprint density at radius 3 is 2.85 bits per heavy atom. The van der Waals surface area contributed by atoms with Crippen molar-refractivity contribution in [3.63, 3.8) is 0 Å². The first-order chi connectivity index (χ1) is 15.9. The van der Waals surface area contributed by atoms with Gasteiger partial charge in [-0.15, -0.1) is 0 Å². The number of halogens is 1. The second kappa shape index (κ2) is 8.57. The molecule has 0 radical (unpaired) electrons. The van der Waals surface area contributed by atoms with E-state index in [0.717, 1.165) is 22.3 Å². The Labute approximate surface area is 199 Å². The van der Waals surface area contributed by atoms with Crippen molar-refractivity contribution in [2.75, 3.05) is 5.32 Å². The maximum Gasteiger partial charge on any atom is 0.255 e. The molecule has 10 heteroatoms. The Bertz CT molecular complexity index is 1290. The zero-order valence-electron chi connectivity index (χ0n) is 17.7. The van der Waals surface area contributed by atoms with Gasteiger partial charge in [-0.2, -0.15) is 9.36 Å². The van der Waals surface area contributed by atoms with Crippen LogP contribution < -0.4 is 10.6 Å². The molecular weight excluding hydrogens is 462 g/mol. The SMILES string of the molecule is Cc1ccc(-c2nsc(NCc3ccc4c(c3)CN(C3CCC(=O)NC3=O)C4=O)n2)cc1Cl. The summed E-state index contributed by atoms with van der Waals surface area (Å²) in [6.07, 6.45) is 0.592. The van der Waals surface area contributed by atoms with Gasteiger partial charge in [-0.25, -0.2) is 0 Å².